The Morgan fingerprint density at radius 3 is 2.23 bits per heavy atom. The number of aliphatic carboxylic acids is 1. The van der Waals surface area contributed by atoms with Gasteiger partial charge in [-0.15, -0.1) is 11.8 Å². The Hall–Kier alpha value is -1.30. The maximum absolute atomic E-state index is 12.2. The van der Waals surface area contributed by atoms with Crippen molar-refractivity contribution in [3.8, 4) is 0 Å². The van der Waals surface area contributed by atoms with Crippen molar-refractivity contribution in [1.29, 1.82) is 0 Å². The highest BCUT2D eigenvalue weighted by atomic mass is 79.9. The van der Waals surface area contributed by atoms with Gasteiger partial charge in [0.05, 0.1) is 0 Å². The molecule has 0 saturated heterocycles. The highest BCUT2D eigenvalue weighted by molar-refractivity contribution is 9.10. The Labute approximate surface area is 145 Å². The second kappa shape index (κ2) is 7.81. The number of carbonyl (C=O) groups excluding carboxylic acids is 1. The third kappa shape index (κ3) is 4.87. The molecule has 0 spiro atoms. The average Bonchev–Trinajstić information content (AvgIpc) is 2.49. The lowest BCUT2D eigenvalue weighted by molar-refractivity contribution is -0.136. The quantitative estimate of drug-likeness (QED) is 0.553. The number of rotatable bonds is 6. The van der Waals surface area contributed by atoms with Crippen LogP contribution in [0.15, 0.2) is 57.9 Å². The van der Waals surface area contributed by atoms with Crippen molar-refractivity contribution >= 4 is 51.0 Å². The van der Waals surface area contributed by atoms with E-state index in [4.69, 9.17) is 11.6 Å². The zero-order valence-corrected chi connectivity index (χ0v) is 14.5. The van der Waals surface area contributed by atoms with Crippen molar-refractivity contribution < 1.29 is 14.7 Å². The number of halogens is 2. The predicted molar refractivity (Wildman–Crippen MR) is 91.8 cm³/mol. The minimum absolute atomic E-state index is 0.0652. The van der Waals surface area contributed by atoms with Gasteiger partial charge in [-0.25, -0.2) is 0 Å². The normalized spacial score (nSPS) is 11.9. The van der Waals surface area contributed by atoms with Crippen molar-refractivity contribution in [2.75, 3.05) is 0 Å². The maximum Gasteiger partial charge on any atom is 0.317 e. The van der Waals surface area contributed by atoms with Gasteiger partial charge >= 0.3 is 5.97 Å². The lowest BCUT2D eigenvalue weighted by Gasteiger charge is -2.11. The van der Waals surface area contributed by atoms with Crippen LogP contribution in [0.2, 0.25) is 5.02 Å². The number of ketones is 1. The van der Waals surface area contributed by atoms with E-state index in [1.165, 1.54) is 0 Å². The fourth-order valence-electron chi connectivity index (χ4n) is 1.78. The van der Waals surface area contributed by atoms with E-state index < -0.39 is 11.2 Å². The van der Waals surface area contributed by atoms with Crippen LogP contribution in [-0.4, -0.2) is 22.1 Å². The van der Waals surface area contributed by atoms with Gasteiger partial charge in [-0.05, 0) is 36.4 Å². The van der Waals surface area contributed by atoms with Crippen LogP contribution in [0.4, 0.5) is 0 Å². The van der Waals surface area contributed by atoms with E-state index in [1.54, 1.807) is 48.5 Å². The van der Waals surface area contributed by atoms with E-state index in [-0.39, 0.29) is 12.2 Å². The van der Waals surface area contributed by atoms with Crippen LogP contribution < -0.4 is 0 Å². The van der Waals surface area contributed by atoms with E-state index >= 15 is 0 Å². The minimum Gasteiger partial charge on any atom is -0.480 e. The molecule has 0 aliphatic heterocycles. The molecule has 114 valence electrons. The number of carboxylic acids is 1. The van der Waals surface area contributed by atoms with E-state index in [2.05, 4.69) is 15.9 Å². The first-order chi connectivity index (χ1) is 10.5. The van der Waals surface area contributed by atoms with Gasteiger partial charge in [0, 0.05) is 26.4 Å². The summed E-state index contributed by atoms with van der Waals surface area (Å²) in [6, 6.07) is 13.8. The molecule has 3 nitrogen and oxygen atoms in total. The predicted octanol–water partition coefficient (Wildman–Crippen LogP) is 4.92. The van der Waals surface area contributed by atoms with Gasteiger partial charge in [-0.2, -0.15) is 0 Å². The molecular weight excluding hydrogens is 388 g/mol. The third-order valence-electron chi connectivity index (χ3n) is 2.90. The van der Waals surface area contributed by atoms with Crippen LogP contribution in [0.3, 0.4) is 0 Å². The van der Waals surface area contributed by atoms with Gasteiger partial charge in [0.25, 0.3) is 0 Å². The monoisotopic (exact) mass is 398 g/mol. The third-order valence-corrected chi connectivity index (χ3v) is 4.88. The molecule has 22 heavy (non-hydrogen) atoms. The summed E-state index contributed by atoms with van der Waals surface area (Å²) in [6.07, 6.45) is -0.0652. The highest BCUT2D eigenvalue weighted by Gasteiger charge is 2.23. The van der Waals surface area contributed by atoms with Crippen molar-refractivity contribution in [3.05, 3.63) is 63.6 Å². The number of benzene rings is 2. The van der Waals surface area contributed by atoms with Gasteiger partial charge < -0.3 is 5.11 Å². The Kier molecular flexibility index (Phi) is 6.06. The molecule has 0 saturated carbocycles. The maximum atomic E-state index is 12.2. The first-order valence-corrected chi connectivity index (χ1v) is 8.44. The lowest BCUT2D eigenvalue weighted by Crippen LogP contribution is -2.20. The van der Waals surface area contributed by atoms with Crippen LogP contribution in [0, 0.1) is 0 Å². The van der Waals surface area contributed by atoms with Gasteiger partial charge in [0.2, 0.25) is 0 Å². The van der Waals surface area contributed by atoms with Crippen LogP contribution in [-0.2, 0) is 4.79 Å². The Morgan fingerprint density at radius 2 is 1.68 bits per heavy atom. The molecule has 0 radical (unpaired) electrons. The Bertz CT molecular complexity index is 671. The molecule has 6 heteroatoms. The summed E-state index contributed by atoms with van der Waals surface area (Å²) in [6.45, 7) is 0. The van der Waals surface area contributed by atoms with Crippen LogP contribution >= 0.6 is 39.3 Å². The van der Waals surface area contributed by atoms with Crippen LogP contribution in [0.25, 0.3) is 0 Å². The summed E-state index contributed by atoms with van der Waals surface area (Å²) in [5.74, 6) is -1.20. The topological polar surface area (TPSA) is 54.4 Å². The number of carbonyl (C=O) groups is 2. The molecule has 2 rings (SSSR count). The smallest absolute Gasteiger partial charge is 0.317 e. The number of hydrogen-bond acceptors (Lipinski definition) is 3. The molecule has 0 aromatic heterocycles. The number of thioether (sulfide) groups is 1. The van der Waals surface area contributed by atoms with Crippen molar-refractivity contribution in [2.45, 2.75) is 16.6 Å². The molecule has 1 N–H and O–H groups in total. The molecule has 0 heterocycles. The fourth-order valence-corrected chi connectivity index (χ4v) is 3.13. The molecule has 0 amide bonds. The fraction of sp³-hybridized carbons (Fsp3) is 0.125. The molecule has 0 aliphatic carbocycles. The molecule has 1 unspecified atom stereocenters. The first kappa shape index (κ1) is 17.1. The van der Waals surface area contributed by atoms with Gasteiger partial charge in [0.1, 0.15) is 5.25 Å². The SMILES string of the molecule is O=C(CC(Sc1ccc(Cl)cc1)C(=O)O)c1ccc(Br)cc1. The zero-order valence-electron chi connectivity index (χ0n) is 11.3. The van der Waals surface area contributed by atoms with Crippen molar-refractivity contribution in [2.24, 2.45) is 0 Å². The number of hydrogen-bond donors (Lipinski definition) is 1. The lowest BCUT2D eigenvalue weighted by atomic mass is 10.1. The number of carboxylic acid groups (broad SMARTS) is 1. The van der Waals surface area contributed by atoms with E-state index in [9.17, 15) is 14.7 Å². The van der Waals surface area contributed by atoms with E-state index in [0.29, 0.717) is 10.6 Å². The van der Waals surface area contributed by atoms with Crippen LogP contribution in [0.5, 0.6) is 0 Å². The zero-order chi connectivity index (χ0) is 16.1. The Balaban J connectivity index is 2.08. The van der Waals surface area contributed by atoms with Crippen molar-refractivity contribution in [3.63, 3.8) is 0 Å². The average molecular weight is 400 g/mol. The van der Waals surface area contributed by atoms with Gasteiger partial charge in [-0.3, -0.25) is 9.59 Å². The standard InChI is InChI=1S/C16H12BrClO3S/c17-11-3-1-10(2-4-11)14(19)9-15(16(20)21)22-13-7-5-12(18)6-8-13/h1-8,15H,9H2,(H,20,21). The van der Waals surface area contributed by atoms with Gasteiger partial charge in [-0.1, -0.05) is 39.7 Å². The molecule has 2 aromatic rings. The van der Waals surface area contributed by atoms with E-state index in [1.807, 2.05) is 0 Å². The summed E-state index contributed by atoms with van der Waals surface area (Å²) in [7, 11) is 0. The summed E-state index contributed by atoms with van der Waals surface area (Å²) in [5, 5.41) is 9.07. The van der Waals surface area contributed by atoms with Crippen molar-refractivity contribution in [1.82, 2.24) is 0 Å². The van der Waals surface area contributed by atoms with Crippen LogP contribution in [0.1, 0.15) is 16.8 Å². The highest BCUT2D eigenvalue weighted by Crippen LogP contribution is 2.28. The molecule has 2 aromatic carbocycles. The summed E-state index contributed by atoms with van der Waals surface area (Å²) >= 11 is 10.2. The largest absolute Gasteiger partial charge is 0.480 e. The molecule has 0 fully saturated rings. The van der Waals surface area contributed by atoms with Gasteiger partial charge in [0.15, 0.2) is 5.78 Å². The Morgan fingerprint density at radius 1 is 1.09 bits per heavy atom. The first-order valence-electron chi connectivity index (χ1n) is 6.39. The number of Topliss-reactive ketones (excluding diaryl/α,β-unsaturated/α-hetero) is 1. The molecule has 0 bridgehead atoms. The van der Waals surface area contributed by atoms with E-state index in [0.717, 1.165) is 21.1 Å². The molecule has 1 atom stereocenters. The minimum atomic E-state index is -1.01. The second-order valence-corrected chi connectivity index (χ2v) is 7.16. The summed E-state index contributed by atoms with van der Waals surface area (Å²) in [4.78, 5) is 24.4. The second-order valence-electron chi connectivity index (χ2n) is 4.53. The molecule has 0 aliphatic rings. The summed E-state index contributed by atoms with van der Waals surface area (Å²) in [5.41, 5.74) is 0.506. The molecular formula is C16H12BrClO3S. The summed E-state index contributed by atoms with van der Waals surface area (Å²) < 4.78 is 0.870.